The van der Waals surface area contributed by atoms with Gasteiger partial charge in [-0.2, -0.15) is 13.2 Å². The normalized spacial score (nSPS) is 24.9. The molecule has 0 radical (unpaired) electrons. The molecule has 182 valence electrons. The predicted molar refractivity (Wildman–Crippen MR) is 109 cm³/mol. The number of likely N-dealkylation sites (tertiary alicyclic amines) is 2. The smallest absolute Gasteiger partial charge is 0.366 e. The maximum Gasteiger partial charge on any atom is 0.501 e. The molecule has 3 saturated heterocycles. The molecule has 3 amide bonds. The van der Waals surface area contributed by atoms with E-state index in [2.05, 4.69) is 10.3 Å². The SMILES string of the molecule is O=C1CO[C@H]2CCN(C(=O)N3CCC(Cc4ccc(S(=O)(=O)C(F)(F)F)cn4)CC3)C[C@H]2N1. The minimum absolute atomic E-state index is 0.0539. The molecule has 1 aromatic heterocycles. The first-order chi connectivity index (χ1) is 15.5. The van der Waals surface area contributed by atoms with Crippen LogP contribution in [0.25, 0.3) is 0 Å². The van der Waals surface area contributed by atoms with Crippen LogP contribution in [0.2, 0.25) is 0 Å². The van der Waals surface area contributed by atoms with E-state index in [4.69, 9.17) is 4.74 Å². The van der Waals surface area contributed by atoms with E-state index >= 15 is 0 Å². The molecular weight excluding hydrogens is 465 g/mol. The molecule has 0 unspecified atom stereocenters. The summed E-state index contributed by atoms with van der Waals surface area (Å²) in [5.74, 6) is 0.00685. The Balaban J connectivity index is 1.28. The van der Waals surface area contributed by atoms with E-state index in [0.717, 1.165) is 12.3 Å². The van der Waals surface area contributed by atoms with Crippen molar-refractivity contribution in [3.63, 3.8) is 0 Å². The largest absolute Gasteiger partial charge is 0.501 e. The average Bonchev–Trinajstić information content (AvgIpc) is 2.78. The predicted octanol–water partition coefficient (Wildman–Crippen LogP) is 1.34. The minimum atomic E-state index is -5.41. The number of pyridine rings is 1. The summed E-state index contributed by atoms with van der Waals surface area (Å²) >= 11 is 0. The number of aromatic nitrogens is 1. The summed E-state index contributed by atoms with van der Waals surface area (Å²) in [6, 6.07) is 1.96. The number of rotatable bonds is 3. The number of nitrogens with zero attached hydrogens (tertiary/aromatic N) is 3. The van der Waals surface area contributed by atoms with Crippen molar-refractivity contribution in [1.82, 2.24) is 20.1 Å². The van der Waals surface area contributed by atoms with Gasteiger partial charge in [0.15, 0.2) is 0 Å². The zero-order valence-corrected chi connectivity index (χ0v) is 18.6. The molecule has 0 bridgehead atoms. The highest BCUT2D eigenvalue weighted by atomic mass is 32.2. The van der Waals surface area contributed by atoms with Crippen molar-refractivity contribution in [2.45, 2.75) is 48.2 Å². The summed E-state index contributed by atoms with van der Waals surface area (Å²) in [5, 5.41) is 2.88. The summed E-state index contributed by atoms with van der Waals surface area (Å²) in [6.07, 6.45) is 3.24. The molecule has 0 spiro atoms. The van der Waals surface area contributed by atoms with Gasteiger partial charge in [-0.1, -0.05) is 0 Å². The first kappa shape index (κ1) is 23.7. The fraction of sp³-hybridized carbons (Fsp3) is 0.650. The lowest BCUT2D eigenvalue weighted by Crippen LogP contribution is -2.62. The van der Waals surface area contributed by atoms with Gasteiger partial charge < -0.3 is 19.9 Å². The number of hydrogen-bond donors (Lipinski definition) is 1. The van der Waals surface area contributed by atoms with Crippen LogP contribution in [0.4, 0.5) is 18.0 Å². The number of carbonyl (C=O) groups is 2. The summed E-state index contributed by atoms with van der Waals surface area (Å²) in [6.45, 7) is 2.10. The van der Waals surface area contributed by atoms with Gasteiger partial charge in [-0.25, -0.2) is 13.2 Å². The van der Waals surface area contributed by atoms with Gasteiger partial charge in [-0.15, -0.1) is 0 Å². The summed E-state index contributed by atoms with van der Waals surface area (Å²) in [4.78, 5) is 31.0. The van der Waals surface area contributed by atoms with Crippen LogP contribution in [0.3, 0.4) is 0 Å². The molecular formula is C20H25F3N4O5S. The van der Waals surface area contributed by atoms with Crippen LogP contribution in [-0.4, -0.2) is 85.6 Å². The molecule has 0 aromatic carbocycles. The lowest BCUT2D eigenvalue weighted by Gasteiger charge is -2.43. The summed E-state index contributed by atoms with van der Waals surface area (Å²) in [5.41, 5.74) is -4.85. The number of morpholine rings is 1. The number of urea groups is 1. The highest BCUT2D eigenvalue weighted by Crippen LogP contribution is 2.30. The van der Waals surface area contributed by atoms with Gasteiger partial charge in [0.05, 0.1) is 17.0 Å². The number of piperidine rings is 2. The molecule has 1 N–H and O–H groups in total. The highest BCUT2D eigenvalue weighted by molar-refractivity contribution is 7.92. The molecule has 4 rings (SSSR count). The van der Waals surface area contributed by atoms with Gasteiger partial charge in [0.25, 0.3) is 9.84 Å². The van der Waals surface area contributed by atoms with Gasteiger partial charge in [-0.3, -0.25) is 9.78 Å². The second kappa shape index (κ2) is 9.09. The van der Waals surface area contributed by atoms with Crippen molar-refractivity contribution in [3.8, 4) is 0 Å². The maximum atomic E-state index is 12.9. The maximum absolute atomic E-state index is 12.9. The molecule has 9 nitrogen and oxygen atoms in total. The van der Waals surface area contributed by atoms with Crippen LogP contribution in [0, 0.1) is 5.92 Å². The third kappa shape index (κ3) is 5.08. The Morgan fingerprint density at radius 1 is 1.15 bits per heavy atom. The first-order valence-corrected chi connectivity index (χ1v) is 12.2. The number of ether oxygens (including phenoxy) is 1. The number of fused-ring (bicyclic) bond motifs is 1. The zero-order valence-electron chi connectivity index (χ0n) is 17.8. The van der Waals surface area contributed by atoms with Gasteiger partial charge >= 0.3 is 11.5 Å². The van der Waals surface area contributed by atoms with E-state index in [1.165, 1.54) is 6.07 Å². The molecule has 33 heavy (non-hydrogen) atoms. The molecule has 1 aromatic rings. The van der Waals surface area contributed by atoms with E-state index in [0.29, 0.717) is 57.6 Å². The van der Waals surface area contributed by atoms with Crippen molar-refractivity contribution >= 4 is 21.8 Å². The Labute approximate surface area is 189 Å². The molecule has 0 saturated carbocycles. The quantitative estimate of drug-likeness (QED) is 0.685. The number of sulfone groups is 1. The van der Waals surface area contributed by atoms with Crippen LogP contribution >= 0.6 is 0 Å². The summed E-state index contributed by atoms with van der Waals surface area (Å²) in [7, 11) is -5.41. The number of alkyl halides is 3. The van der Waals surface area contributed by atoms with Gasteiger partial charge in [0, 0.05) is 38.1 Å². The Morgan fingerprint density at radius 2 is 1.85 bits per heavy atom. The van der Waals surface area contributed by atoms with Crippen LogP contribution in [0.15, 0.2) is 23.2 Å². The Morgan fingerprint density at radius 3 is 2.48 bits per heavy atom. The van der Waals surface area contributed by atoms with E-state index in [1.807, 2.05) is 0 Å². The molecule has 2 atom stereocenters. The number of hydrogen-bond acceptors (Lipinski definition) is 6. The number of amides is 3. The third-order valence-electron chi connectivity index (χ3n) is 6.39. The molecule has 3 aliphatic heterocycles. The monoisotopic (exact) mass is 490 g/mol. The fourth-order valence-electron chi connectivity index (χ4n) is 4.52. The van der Waals surface area contributed by atoms with Crippen molar-refractivity contribution in [1.29, 1.82) is 0 Å². The number of carbonyl (C=O) groups excluding carboxylic acids is 2. The lowest BCUT2D eigenvalue weighted by atomic mass is 9.92. The molecule has 3 aliphatic rings. The van der Waals surface area contributed by atoms with Crippen molar-refractivity contribution in [3.05, 3.63) is 24.0 Å². The second-order valence-electron chi connectivity index (χ2n) is 8.61. The Hall–Kier alpha value is -2.41. The Bertz CT molecular complexity index is 994. The van der Waals surface area contributed by atoms with Crippen molar-refractivity contribution in [2.24, 2.45) is 5.92 Å². The number of halogens is 3. The first-order valence-electron chi connectivity index (χ1n) is 10.8. The standard InChI is InChI=1S/C20H25F3N4O5S/c21-20(22,23)33(30,31)15-2-1-14(24-10-15)9-13-3-6-26(7-4-13)19(29)27-8-5-17-16(11-27)25-18(28)12-32-17/h1-2,10,13,16-17H,3-9,11-12H2,(H,25,28)/t16-,17+/m1/s1. The molecule has 13 heteroatoms. The lowest BCUT2D eigenvalue weighted by molar-refractivity contribution is -0.139. The van der Waals surface area contributed by atoms with E-state index < -0.39 is 20.2 Å². The molecule has 3 fully saturated rings. The fourth-order valence-corrected chi connectivity index (χ4v) is 5.23. The van der Waals surface area contributed by atoms with Crippen molar-refractivity contribution < 1.29 is 35.9 Å². The van der Waals surface area contributed by atoms with Crippen LogP contribution in [0.5, 0.6) is 0 Å². The summed E-state index contributed by atoms with van der Waals surface area (Å²) < 4.78 is 66.4. The zero-order chi connectivity index (χ0) is 23.8. The van der Waals surface area contributed by atoms with Gasteiger partial charge in [0.2, 0.25) is 5.91 Å². The highest BCUT2D eigenvalue weighted by Gasteiger charge is 2.47. The van der Waals surface area contributed by atoms with Gasteiger partial charge in [-0.05, 0) is 43.7 Å². The minimum Gasteiger partial charge on any atom is -0.366 e. The molecule has 4 heterocycles. The number of nitrogens with one attached hydrogen (secondary N) is 1. The average molecular weight is 491 g/mol. The third-order valence-corrected chi connectivity index (χ3v) is 7.86. The van der Waals surface area contributed by atoms with Gasteiger partial charge in [0.1, 0.15) is 6.61 Å². The van der Waals surface area contributed by atoms with Crippen LogP contribution in [-0.2, 0) is 25.8 Å². The van der Waals surface area contributed by atoms with Crippen LogP contribution in [0.1, 0.15) is 25.0 Å². The topological polar surface area (TPSA) is 109 Å². The van der Waals surface area contributed by atoms with Crippen molar-refractivity contribution in [2.75, 3.05) is 32.8 Å². The van der Waals surface area contributed by atoms with E-state index in [9.17, 15) is 31.2 Å². The molecule has 0 aliphatic carbocycles. The second-order valence-corrected chi connectivity index (χ2v) is 10.6. The van der Waals surface area contributed by atoms with E-state index in [1.54, 1.807) is 9.80 Å². The van der Waals surface area contributed by atoms with E-state index in [-0.39, 0.29) is 36.6 Å². The van der Waals surface area contributed by atoms with Crippen LogP contribution < -0.4 is 5.32 Å². The Kier molecular flexibility index (Phi) is 6.54.